The number of halogens is 1. The van der Waals surface area contributed by atoms with E-state index in [1.54, 1.807) is 0 Å². The Hall–Kier alpha value is -1.99. The van der Waals surface area contributed by atoms with Crippen molar-refractivity contribution in [3.05, 3.63) is 21.4 Å². The van der Waals surface area contributed by atoms with Crippen molar-refractivity contribution in [1.29, 1.82) is 0 Å². The van der Waals surface area contributed by atoms with Crippen molar-refractivity contribution in [2.24, 2.45) is 5.73 Å². The first-order valence-electron chi connectivity index (χ1n) is 9.44. The number of imidazole rings is 1. The van der Waals surface area contributed by atoms with E-state index in [-0.39, 0.29) is 18.4 Å². The van der Waals surface area contributed by atoms with Gasteiger partial charge in [0.1, 0.15) is 5.82 Å². The first kappa shape index (κ1) is 22.7. The second kappa shape index (κ2) is 9.88. The predicted molar refractivity (Wildman–Crippen MR) is 122 cm³/mol. The molecule has 1 aromatic carbocycles. The van der Waals surface area contributed by atoms with E-state index in [4.69, 9.17) is 15.2 Å². The topological polar surface area (TPSA) is 120 Å². The number of primary amides is 1. The predicted octanol–water partition coefficient (Wildman–Crippen LogP) is 2.81. The van der Waals surface area contributed by atoms with E-state index in [0.29, 0.717) is 35.1 Å². The number of nitrogens with two attached hydrogens (primary N) is 1. The van der Waals surface area contributed by atoms with Crippen molar-refractivity contribution >= 4 is 52.0 Å². The zero-order valence-corrected chi connectivity index (χ0v) is 19.9. The zero-order valence-electron chi connectivity index (χ0n) is 17.0. The number of benzene rings is 1. The third kappa shape index (κ3) is 5.38. The summed E-state index contributed by atoms with van der Waals surface area (Å²) in [4.78, 5) is 29.1. The fourth-order valence-corrected chi connectivity index (χ4v) is 4.60. The van der Waals surface area contributed by atoms with Gasteiger partial charge in [-0.2, -0.15) is 0 Å². The smallest absolute Gasteiger partial charge is 0.271 e. The van der Waals surface area contributed by atoms with Crippen LogP contribution >= 0.6 is 34.4 Å². The molecule has 2 amide bonds. The number of fused-ring (bicyclic) bond motifs is 1. The number of rotatable bonds is 9. The van der Waals surface area contributed by atoms with Crippen LogP contribution in [0.15, 0.2) is 22.2 Å². The van der Waals surface area contributed by atoms with Crippen LogP contribution in [0.5, 0.6) is 11.5 Å². The van der Waals surface area contributed by atoms with E-state index in [0.717, 1.165) is 21.4 Å². The molecule has 2 heterocycles. The molecular weight excluding hydrogens is 521 g/mol. The Morgan fingerprint density at radius 3 is 2.67 bits per heavy atom. The number of ether oxygens (including phenoxy) is 2. The standard InChI is InChI=1S/C19H24IN5O4S/c1-10(2)22-5-4-6-25-18(23-11(3)26)16(17(21)27)24-19(25)30-15-8-14-13(7-12(15)20)28-9-29-14/h7-8,10,22H,4-6,9H2,1-3H3,(H2,21,27)(H,23,26). The van der Waals surface area contributed by atoms with Gasteiger partial charge >= 0.3 is 0 Å². The molecule has 1 aromatic heterocycles. The maximum Gasteiger partial charge on any atom is 0.271 e. The fourth-order valence-electron chi connectivity index (χ4n) is 2.89. The Kier molecular flexibility index (Phi) is 7.47. The number of aromatic nitrogens is 2. The Balaban J connectivity index is 1.95. The largest absolute Gasteiger partial charge is 0.454 e. The van der Waals surface area contributed by atoms with Crippen molar-refractivity contribution in [2.45, 2.75) is 49.8 Å². The van der Waals surface area contributed by atoms with E-state index in [2.05, 4.69) is 52.1 Å². The molecule has 0 spiro atoms. The lowest BCUT2D eigenvalue weighted by molar-refractivity contribution is -0.114. The van der Waals surface area contributed by atoms with Crippen molar-refractivity contribution in [3.8, 4) is 11.5 Å². The normalized spacial score (nSPS) is 12.4. The summed E-state index contributed by atoms with van der Waals surface area (Å²) in [5.41, 5.74) is 5.58. The average molecular weight is 545 g/mol. The van der Waals surface area contributed by atoms with E-state index in [9.17, 15) is 9.59 Å². The average Bonchev–Trinajstić information content (AvgIpc) is 3.23. The second-order valence-corrected chi connectivity index (χ2v) is 9.16. The van der Waals surface area contributed by atoms with Gasteiger partial charge in [-0.15, -0.1) is 0 Å². The summed E-state index contributed by atoms with van der Waals surface area (Å²) in [6.07, 6.45) is 0.783. The SMILES string of the molecule is CC(=O)Nc1c(C(N)=O)nc(Sc2cc3c(cc2I)OCO3)n1CCCNC(C)C. The number of anilines is 1. The molecule has 9 nitrogen and oxygen atoms in total. The Morgan fingerprint density at radius 2 is 2.03 bits per heavy atom. The van der Waals surface area contributed by atoms with Crippen LogP contribution in [-0.2, 0) is 11.3 Å². The molecule has 1 aliphatic heterocycles. The monoisotopic (exact) mass is 545 g/mol. The number of carbonyl (C=O) groups is 2. The maximum atomic E-state index is 12.0. The molecular formula is C19H24IN5O4S. The summed E-state index contributed by atoms with van der Waals surface area (Å²) < 4.78 is 13.7. The lowest BCUT2D eigenvalue weighted by Crippen LogP contribution is -2.25. The van der Waals surface area contributed by atoms with Crippen molar-refractivity contribution in [1.82, 2.24) is 14.9 Å². The van der Waals surface area contributed by atoms with E-state index in [1.807, 2.05) is 16.7 Å². The third-order valence-corrected chi connectivity index (χ3v) is 6.51. The van der Waals surface area contributed by atoms with Gasteiger partial charge in [-0.25, -0.2) is 4.98 Å². The lowest BCUT2D eigenvalue weighted by Gasteiger charge is -2.14. The van der Waals surface area contributed by atoms with E-state index >= 15 is 0 Å². The van der Waals surface area contributed by atoms with Crippen LogP contribution in [0.1, 0.15) is 37.7 Å². The highest BCUT2D eigenvalue weighted by Crippen LogP contribution is 2.41. The molecule has 0 saturated heterocycles. The minimum atomic E-state index is -0.694. The summed E-state index contributed by atoms with van der Waals surface area (Å²) in [5.74, 6) is 0.684. The highest BCUT2D eigenvalue weighted by molar-refractivity contribution is 14.1. The summed E-state index contributed by atoms with van der Waals surface area (Å²) >= 11 is 3.60. The molecule has 1 aliphatic rings. The van der Waals surface area contributed by atoms with Crippen LogP contribution in [-0.4, -0.2) is 40.7 Å². The van der Waals surface area contributed by atoms with Gasteiger partial charge < -0.3 is 30.4 Å². The van der Waals surface area contributed by atoms with Crippen LogP contribution in [0, 0.1) is 3.57 Å². The minimum Gasteiger partial charge on any atom is -0.454 e. The van der Waals surface area contributed by atoms with Crippen molar-refractivity contribution in [3.63, 3.8) is 0 Å². The first-order chi connectivity index (χ1) is 14.3. The highest BCUT2D eigenvalue weighted by Gasteiger charge is 2.24. The van der Waals surface area contributed by atoms with Gasteiger partial charge in [0.15, 0.2) is 22.3 Å². The summed E-state index contributed by atoms with van der Waals surface area (Å²) in [6.45, 7) is 7.07. The Morgan fingerprint density at radius 1 is 1.33 bits per heavy atom. The molecule has 0 bridgehead atoms. The van der Waals surface area contributed by atoms with E-state index in [1.165, 1.54) is 18.7 Å². The van der Waals surface area contributed by atoms with Crippen LogP contribution in [0.25, 0.3) is 0 Å². The Bertz CT molecular complexity index is 963. The van der Waals surface area contributed by atoms with Crippen molar-refractivity contribution < 1.29 is 19.1 Å². The molecule has 2 aromatic rings. The van der Waals surface area contributed by atoms with Crippen molar-refractivity contribution in [2.75, 3.05) is 18.7 Å². The maximum absolute atomic E-state index is 12.0. The van der Waals surface area contributed by atoms with Gasteiger partial charge in [-0.1, -0.05) is 25.6 Å². The van der Waals surface area contributed by atoms with Gasteiger partial charge in [-0.05, 0) is 47.7 Å². The molecule has 0 saturated carbocycles. The number of hydrogen-bond donors (Lipinski definition) is 3. The molecule has 0 atom stereocenters. The number of nitrogens with one attached hydrogen (secondary N) is 2. The van der Waals surface area contributed by atoms with Crippen LogP contribution in [0.3, 0.4) is 0 Å². The van der Waals surface area contributed by atoms with Crippen LogP contribution in [0.4, 0.5) is 5.82 Å². The van der Waals surface area contributed by atoms with Gasteiger partial charge in [0, 0.05) is 28.0 Å². The zero-order chi connectivity index (χ0) is 21.8. The summed E-state index contributed by atoms with van der Waals surface area (Å²) in [7, 11) is 0. The van der Waals surface area contributed by atoms with Crippen LogP contribution < -0.4 is 25.8 Å². The fraction of sp³-hybridized carbons (Fsp3) is 0.421. The molecule has 0 fully saturated rings. The second-order valence-electron chi connectivity index (χ2n) is 6.99. The van der Waals surface area contributed by atoms with Crippen LogP contribution in [0.2, 0.25) is 0 Å². The summed E-state index contributed by atoms with van der Waals surface area (Å²) in [5, 5.41) is 6.64. The van der Waals surface area contributed by atoms with Gasteiger partial charge in [0.25, 0.3) is 5.91 Å². The van der Waals surface area contributed by atoms with Gasteiger partial charge in [0.05, 0.1) is 0 Å². The van der Waals surface area contributed by atoms with Gasteiger partial charge in [0.2, 0.25) is 12.7 Å². The lowest BCUT2D eigenvalue weighted by atomic mass is 10.3. The summed E-state index contributed by atoms with van der Waals surface area (Å²) in [6, 6.07) is 4.15. The number of nitrogens with zero attached hydrogens (tertiary/aromatic N) is 2. The molecule has 0 aliphatic carbocycles. The molecule has 11 heteroatoms. The number of carbonyl (C=O) groups excluding carboxylic acids is 2. The molecule has 30 heavy (non-hydrogen) atoms. The molecule has 0 unspecified atom stereocenters. The number of amides is 2. The quantitative estimate of drug-likeness (QED) is 0.328. The minimum absolute atomic E-state index is 0.0419. The Labute approximate surface area is 192 Å². The molecule has 0 radical (unpaired) electrons. The highest BCUT2D eigenvalue weighted by atomic mass is 127. The number of hydrogen-bond acceptors (Lipinski definition) is 7. The van der Waals surface area contributed by atoms with E-state index < -0.39 is 5.91 Å². The first-order valence-corrected chi connectivity index (χ1v) is 11.3. The molecule has 4 N–H and O–H groups in total. The molecule has 162 valence electrons. The van der Waals surface area contributed by atoms with Gasteiger partial charge in [-0.3, -0.25) is 9.59 Å². The third-order valence-electron chi connectivity index (χ3n) is 4.20. The molecule has 3 rings (SSSR count).